The van der Waals surface area contributed by atoms with Gasteiger partial charge in [-0.15, -0.1) is 0 Å². The fourth-order valence-electron chi connectivity index (χ4n) is 2.18. The van der Waals surface area contributed by atoms with Crippen LogP contribution in [0.15, 0.2) is 18.3 Å². The van der Waals surface area contributed by atoms with Crippen LogP contribution in [-0.2, 0) is 4.74 Å². The standard InChI is InChI=1S/C13H23N3O/c1-5-13(3,17-6-2)11(15-4)10-8-7-9-16-12(10)14/h7-9,11,15H,5-6H2,1-4H3,(H2,14,16). The Hall–Kier alpha value is -1.13. The predicted octanol–water partition coefficient (Wildman–Crippen LogP) is 2.13. The van der Waals surface area contributed by atoms with Crippen LogP contribution in [0.1, 0.15) is 38.8 Å². The number of aromatic nitrogens is 1. The molecule has 0 aliphatic rings. The van der Waals surface area contributed by atoms with Crippen molar-refractivity contribution in [2.45, 2.75) is 38.8 Å². The average Bonchev–Trinajstić information content (AvgIpc) is 2.33. The first-order chi connectivity index (χ1) is 8.09. The zero-order valence-electron chi connectivity index (χ0n) is 11.2. The Morgan fingerprint density at radius 3 is 2.71 bits per heavy atom. The summed E-state index contributed by atoms with van der Waals surface area (Å²) in [6.07, 6.45) is 2.61. The molecule has 0 amide bonds. The third-order valence-corrected chi connectivity index (χ3v) is 3.26. The Balaban J connectivity index is 3.09. The van der Waals surface area contributed by atoms with E-state index < -0.39 is 0 Å². The summed E-state index contributed by atoms with van der Waals surface area (Å²) < 4.78 is 5.90. The van der Waals surface area contributed by atoms with Gasteiger partial charge in [0, 0.05) is 18.4 Å². The molecule has 0 radical (unpaired) electrons. The number of nitrogen functional groups attached to an aromatic ring is 1. The second-order valence-electron chi connectivity index (χ2n) is 4.30. The summed E-state index contributed by atoms with van der Waals surface area (Å²) >= 11 is 0. The van der Waals surface area contributed by atoms with E-state index in [9.17, 15) is 0 Å². The van der Waals surface area contributed by atoms with Crippen molar-refractivity contribution in [2.75, 3.05) is 19.4 Å². The third kappa shape index (κ3) is 2.96. The van der Waals surface area contributed by atoms with E-state index in [1.54, 1.807) is 6.20 Å². The SMILES string of the molecule is CCOC(C)(CC)C(NC)c1cccnc1N. The van der Waals surface area contributed by atoms with E-state index >= 15 is 0 Å². The average molecular weight is 237 g/mol. The molecule has 3 N–H and O–H groups in total. The second-order valence-corrected chi connectivity index (χ2v) is 4.30. The molecule has 4 heteroatoms. The molecule has 0 fully saturated rings. The van der Waals surface area contributed by atoms with Gasteiger partial charge in [-0.1, -0.05) is 13.0 Å². The molecule has 0 aromatic carbocycles. The maximum absolute atomic E-state index is 5.94. The molecule has 0 aliphatic heterocycles. The van der Waals surface area contributed by atoms with Crippen molar-refractivity contribution in [3.63, 3.8) is 0 Å². The van der Waals surface area contributed by atoms with Crippen LogP contribution in [0.5, 0.6) is 0 Å². The van der Waals surface area contributed by atoms with E-state index in [-0.39, 0.29) is 11.6 Å². The number of rotatable bonds is 6. The Labute approximate surface area is 104 Å². The van der Waals surface area contributed by atoms with Crippen LogP contribution in [0.4, 0.5) is 5.82 Å². The van der Waals surface area contributed by atoms with Crippen molar-refractivity contribution in [1.82, 2.24) is 10.3 Å². The minimum absolute atomic E-state index is 0.0427. The Morgan fingerprint density at radius 1 is 1.53 bits per heavy atom. The number of anilines is 1. The smallest absolute Gasteiger partial charge is 0.128 e. The van der Waals surface area contributed by atoms with Crippen LogP contribution < -0.4 is 11.1 Å². The first-order valence-corrected chi connectivity index (χ1v) is 6.10. The topological polar surface area (TPSA) is 60.2 Å². The zero-order valence-corrected chi connectivity index (χ0v) is 11.2. The lowest BCUT2D eigenvalue weighted by Gasteiger charge is -2.37. The van der Waals surface area contributed by atoms with Crippen LogP contribution in [0, 0.1) is 0 Å². The number of hydrogen-bond acceptors (Lipinski definition) is 4. The Kier molecular flexibility index (Phi) is 4.90. The van der Waals surface area contributed by atoms with Crippen molar-refractivity contribution >= 4 is 5.82 Å². The van der Waals surface area contributed by atoms with Gasteiger partial charge in [-0.25, -0.2) is 4.98 Å². The Morgan fingerprint density at radius 2 is 2.24 bits per heavy atom. The van der Waals surface area contributed by atoms with Crippen molar-refractivity contribution in [3.05, 3.63) is 23.9 Å². The molecule has 2 atom stereocenters. The fourth-order valence-corrected chi connectivity index (χ4v) is 2.18. The zero-order chi connectivity index (χ0) is 12.9. The van der Waals surface area contributed by atoms with E-state index in [0.29, 0.717) is 12.4 Å². The predicted molar refractivity (Wildman–Crippen MR) is 70.8 cm³/mol. The summed E-state index contributed by atoms with van der Waals surface area (Å²) in [5, 5.41) is 3.29. The summed E-state index contributed by atoms with van der Waals surface area (Å²) in [5.74, 6) is 0.561. The molecular formula is C13H23N3O. The summed E-state index contributed by atoms with van der Waals surface area (Å²) in [7, 11) is 1.92. The quantitative estimate of drug-likeness (QED) is 0.795. The van der Waals surface area contributed by atoms with Crippen molar-refractivity contribution in [2.24, 2.45) is 0 Å². The normalized spacial score (nSPS) is 16.5. The molecular weight excluding hydrogens is 214 g/mol. The number of nitrogens with zero attached hydrogens (tertiary/aromatic N) is 1. The third-order valence-electron chi connectivity index (χ3n) is 3.26. The number of likely N-dealkylation sites (N-methyl/N-ethyl adjacent to an activating group) is 1. The lowest BCUT2D eigenvalue weighted by Crippen LogP contribution is -2.42. The van der Waals surface area contributed by atoms with E-state index in [0.717, 1.165) is 12.0 Å². The number of nitrogens with one attached hydrogen (secondary N) is 1. The van der Waals surface area contributed by atoms with Crippen LogP contribution in [0.2, 0.25) is 0 Å². The van der Waals surface area contributed by atoms with Gasteiger partial charge in [0.1, 0.15) is 5.82 Å². The van der Waals surface area contributed by atoms with Gasteiger partial charge in [0.05, 0.1) is 11.6 Å². The van der Waals surface area contributed by atoms with Crippen LogP contribution in [-0.4, -0.2) is 24.2 Å². The van der Waals surface area contributed by atoms with Gasteiger partial charge >= 0.3 is 0 Å². The lowest BCUT2D eigenvalue weighted by molar-refractivity contribution is -0.0545. The maximum Gasteiger partial charge on any atom is 0.128 e. The highest BCUT2D eigenvalue weighted by Crippen LogP contribution is 2.33. The van der Waals surface area contributed by atoms with Crippen molar-refractivity contribution in [3.8, 4) is 0 Å². The summed E-state index contributed by atoms with van der Waals surface area (Å²) in [6, 6.07) is 3.94. The van der Waals surface area contributed by atoms with Gasteiger partial charge in [0.25, 0.3) is 0 Å². The highest BCUT2D eigenvalue weighted by Gasteiger charge is 2.34. The molecule has 0 saturated heterocycles. The van der Waals surface area contributed by atoms with Gasteiger partial charge in [-0.05, 0) is 33.4 Å². The van der Waals surface area contributed by atoms with Crippen molar-refractivity contribution in [1.29, 1.82) is 0 Å². The lowest BCUT2D eigenvalue weighted by atomic mass is 9.88. The maximum atomic E-state index is 5.94. The molecule has 0 saturated carbocycles. The number of hydrogen-bond donors (Lipinski definition) is 2. The van der Waals surface area contributed by atoms with Crippen LogP contribution in [0.3, 0.4) is 0 Å². The summed E-state index contributed by atoms with van der Waals surface area (Å²) in [4.78, 5) is 4.14. The minimum atomic E-state index is -0.277. The van der Waals surface area contributed by atoms with Gasteiger partial charge in [0.2, 0.25) is 0 Å². The van der Waals surface area contributed by atoms with Crippen LogP contribution >= 0.6 is 0 Å². The molecule has 1 aromatic rings. The highest BCUT2D eigenvalue weighted by atomic mass is 16.5. The largest absolute Gasteiger partial charge is 0.383 e. The monoisotopic (exact) mass is 237 g/mol. The van der Waals surface area contributed by atoms with E-state index in [4.69, 9.17) is 10.5 Å². The summed E-state index contributed by atoms with van der Waals surface area (Å²) in [5.41, 5.74) is 6.65. The summed E-state index contributed by atoms with van der Waals surface area (Å²) in [6.45, 7) is 6.91. The highest BCUT2D eigenvalue weighted by molar-refractivity contribution is 5.42. The molecule has 96 valence electrons. The van der Waals surface area contributed by atoms with Gasteiger partial charge in [-0.3, -0.25) is 0 Å². The number of pyridine rings is 1. The molecule has 1 rings (SSSR count). The molecule has 4 nitrogen and oxygen atoms in total. The van der Waals surface area contributed by atoms with E-state index in [2.05, 4.69) is 24.1 Å². The molecule has 0 spiro atoms. The van der Waals surface area contributed by atoms with Crippen molar-refractivity contribution < 1.29 is 4.74 Å². The number of ether oxygens (including phenoxy) is 1. The molecule has 1 heterocycles. The van der Waals surface area contributed by atoms with Gasteiger partial charge in [0.15, 0.2) is 0 Å². The Bertz CT molecular complexity index is 356. The first-order valence-electron chi connectivity index (χ1n) is 6.10. The van der Waals surface area contributed by atoms with Gasteiger partial charge in [-0.2, -0.15) is 0 Å². The number of nitrogens with two attached hydrogens (primary N) is 1. The molecule has 17 heavy (non-hydrogen) atoms. The van der Waals surface area contributed by atoms with E-state index in [1.807, 2.05) is 26.1 Å². The fraction of sp³-hybridized carbons (Fsp3) is 0.615. The second kappa shape index (κ2) is 5.98. The molecule has 0 bridgehead atoms. The van der Waals surface area contributed by atoms with Crippen LogP contribution in [0.25, 0.3) is 0 Å². The molecule has 0 aliphatic carbocycles. The molecule has 1 aromatic heterocycles. The van der Waals surface area contributed by atoms with Gasteiger partial charge < -0.3 is 15.8 Å². The minimum Gasteiger partial charge on any atom is -0.383 e. The molecule has 2 unspecified atom stereocenters. The first kappa shape index (κ1) is 13.9. The van der Waals surface area contributed by atoms with E-state index in [1.165, 1.54) is 0 Å².